The van der Waals surface area contributed by atoms with Gasteiger partial charge in [0.25, 0.3) is 5.91 Å². The summed E-state index contributed by atoms with van der Waals surface area (Å²) in [5.74, 6) is -0.461. The number of hydrogen-bond donors (Lipinski definition) is 2. The second-order valence-electron chi connectivity index (χ2n) is 5.98. The van der Waals surface area contributed by atoms with Crippen LogP contribution in [0, 0.1) is 0 Å². The molecule has 0 bridgehead atoms. The molecule has 4 rings (SSSR count). The van der Waals surface area contributed by atoms with E-state index in [0.717, 1.165) is 20.1 Å². The number of thiazole rings is 1. The van der Waals surface area contributed by atoms with Gasteiger partial charge in [0.05, 0.1) is 30.7 Å². The first-order valence-corrected chi connectivity index (χ1v) is 10.3. The lowest BCUT2D eigenvalue weighted by Gasteiger charge is -2.09. The van der Waals surface area contributed by atoms with Crippen molar-refractivity contribution < 1.29 is 9.59 Å². The van der Waals surface area contributed by atoms with Gasteiger partial charge in [0.1, 0.15) is 5.01 Å². The molecule has 2 N–H and O–H groups in total. The number of carbonyl (C=O) groups excluding carboxylic acids is 2. The third-order valence-corrected chi connectivity index (χ3v) is 6.49. The van der Waals surface area contributed by atoms with Crippen molar-refractivity contribution in [2.45, 2.75) is 6.92 Å². The number of para-hydroxylation sites is 1. The molecule has 0 fully saturated rings. The zero-order chi connectivity index (χ0) is 19.7. The van der Waals surface area contributed by atoms with Crippen LogP contribution < -0.4 is 10.6 Å². The van der Waals surface area contributed by atoms with Gasteiger partial charge in [-0.05, 0) is 42.5 Å². The van der Waals surface area contributed by atoms with Crippen LogP contribution in [0.25, 0.3) is 20.1 Å². The Morgan fingerprint density at radius 3 is 2.61 bits per heavy atom. The van der Waals surface area contributed by atoms with Crippen LogP contribution in [0.4, 0.5) is 11.4 Å². The Morgan fingerprint density at radius 1 is 1.00 bits per heavy atom. The van der Waals surface area contributed by atoms with E-state index in [2.05, 4.69) is 15.6 Å². The molecule has 4 aromatic rings. The van der Waals surface area contributed by atoms with Crippen molar-refractivity contribution in [1.29, 1.82) is 0 Å². The van der Waals surface area contributed by atoms with E-state index in [1.54, 1.807) is 35.6 Å². The molecule has 2 heterocycles. The fourth-order valence-corrected chi connectivity index (χ4v) is 4.72. The molecule has 0 atom stereocenters. The predicted octanol–water partition coefficient (Wildman–Crippen LogP) is 5.89. The van der Waals surface area contributed by atoms with Gasteiger partial charge in [0.2, 0.25) is 5.91 Å². The van der Waals surface area contributed by atoms with Gasteiger partial charge in [-0.25, -0.2) is 4.98 Å². The van der Waals surface area contributed by atoms with E-state index in [4.69, 9.17) is 11.6 Å². The second-order valence-corrected chi connectivity index (χ2v) is 8.50. The highest BCUT2D eigenvalue weighted by Gasteiger charge is 2.15. The average Bonchev–Trinajstić information content (AvgIpc) is 3.30. The number of aromatic nitrogens is 1. The molecule has 0 aliphatic rings. The van der Waals surface area contributed by atoms with Crippen molar-refractivity contribution >= 4 is 67.7 Å². The average molecular weight is 428 g/mol. The van der Waals surface area contributed by atoms with E-state index < -0.39 is 0 Å². The molecule has 140 valence electrons. The minimum Gasteiger partial charge on any atom is -0.326 e. The normalized spacial score (nSPS) is 10.8. The van der Waals surface area contributed by atoms with Crippen LogP contribution in [0.15, 0.2) is 54.6 Å². The van der Waals surface area contributed by atoms with Crippen molar-refractivity contribution in [2.24, 2.45) is 0 Å². The first-order chi connectivity index (χ1) is 13.5. The van der Waals surface area contributed by atoms with E-state index in [-0.39, 0.29) is 11.8 Å². The van der Waals surface area contributed by atoms with E-state index in [1.807, 2.05) is 30.3 Å². The molecule has 8 heteroatoms. The number of amides is 2. The third kappa shape index (κ3) is 3.91. The Kier molecular flexibility index (Phi) is 5.13. The Bertz CT molecular complexity index is 1170. The smallest absolute Gasteiger partial charge is 0.265 e. The summed E-state index contributed by atoms with van der Waals surface area (Å²) < 4.78 is 1.11. The summed E-state index contributed by atoms with van der Waals surface area (Å²) in [6.07, 6.45) is 0. The maximum atomic E-state index is 12.7. The van der Waals surface area contributed by atoms with Gasteiger partial charge in [-0.15, -0.1) is 22.7 Å². The van der Waals surface area contributed by atoms with Gasteiger partial charge in [-0.3, -0.25) is 9.59 Å². The van der Waals surface area contributed by atoms with Crippen molar-refractivity contribution in [3.05, 3.63) is 64.5 Å². The number of fused-ring (bicyclic) bond motifs is 1. The van der Waals surface area contributed by atoms with E-state index in [1.165, 1.54) is 18.3 Å². The molecule has 0 aliphatic heterocycles. The Morgan fingerprint density at radius 2 is 1.82 bits per heavy atom. The summed E-state index contributed by atoms with van der Waals surface area (Å²) in [5.41, 5.74) is 1.95. The number of benzene rings is 2. The van der Waals surface area contributed by atoms with E-state index in [0.29, 0.717) is 21.3 Å². The number of nitrogens with zero attached hydrogens (tertiary/aromatic N) is 1. The largest absolute Gasteiger partial charge is 0.326 e. The molecule has 0 saturated heterocycles. The summed E-state index contributed by atoms with van der Waals surface area (Å²) in [5, 5.41) is 6.75. The summed E-state index contributed by atoms with van der Waals surface area (Å²) in [6, 6.07) is 16.5. The molecule has 2 aromatic carbocycles. The highest BCUT2D eigenvalue weighted by Crippen LogP contribution is 2.35. The first-order valence-electron chi connectivity index (χ1n) is 8.34. The van der Waals surface area contributed by atoms with Crippen LogP contribution in [0.5, 0.6) is 0 Å². The van der Waals surface area contributed by atoms with Crippen molar-refractivity contribution in [2.75, 3.05) is 10.6 Å². The highest BCUT2D eigenvalue weighted by molar-refractivity contribution is 7.26. The molecule has 0 spiro atoms. The standard InChI is InChI=1S/C20H14ClN3O2S2/c1-11(25)22-12-6-7-13(21)15(10-12)23-19(26)17-8-9-18(27-17)20-24-14-4-2-3-5-16(14)28-20/h2-10H,1H3,(H,22,25)(H,23,26). The molecule has 2 aromatic heterocycles. The fourth-order valence-electron chi connectivity index (χ4n) is 2.64. The molecule has 5 nitrogen and oxygen atoms in total. The maximum absolute atomic E-state index is 12.7. The third-order valence-electron chi connectivity index (χ3n) is 3.87. The van der Waals surface area contributed by atoms with Crippen LogP contribution in [0.2, 0.25) is 5.02 Å². The van der Waals surface area contributed by atoms with Gasteiger partial charge < -0.3 is 10.6 Å². The van der Waals surface area contributed by atoms with Crippen LogP contribution in [-0.4, -0.2) is 16.8 Å². The molecule has 0 aliphatic carbocycles. The molecule has 0 saturated carbocycles. The Labute approximate surface area is 174 Å². The Hall–Kier alpha value is -2.74. The summed E-state index contributed by atoms with van der Waals surface area (Å²) >= 11 is 9.15. The molecule has 2 amide bonds. The summed E-state index contributed by atoms with van der Waals surface area (Å²) in [7, 11) is 0. The van der Waals surface area contributed by atoms with E-state index >= 15 is 0 Å². The van der Waals surface area contributed by atoms with Crippen LogP contribution in [0.1, 0.15) is 16.6 Å². The minimum atomic E-state index is -0.265. The lowest BCUT2D eigenvalue weighted by atomic mass is 10.2. The van der Waals surface area contributed by atoms with Gasteiger partial charge in [-0.2, -0.15) is 0 Å². The number of carbonyl (C=O) groups is 2. The summed E-state index contributed by atoms with van der Waals surface area (Å²) in [4.78, 5) is 30.0. The number of anilines is 2. The first kappa shape index (κ1) is 18.6. The molecule has 0 radical (unpaired) electrons. The molecule has 0 unspecified atom stereocenters. The van der Waals surface area contributed by atoms with Gasteiger partial charge in [0, 0.05) is 12.6 Å². The van der Waals surface area contributed by atoms with Gasteiger partial charge in [-0.1, -0.05) is 23.7 Å². The van der Waals surface area contributed by atoms with Crippen molar-refractivity contribution in [1.82, 2.24) is 4.98 Å². The van der Waals surface area contributed by atoms with Crippen LogP contribution in [-0.2, 0) is 4.79 Å². The number of nitrogens with one attached hydrogen (secondary N) is 2. The molecule has 28 heavy (non-hydrogen) atoms. The topological polar surface area (TPSA) is 71.1 Å². The Balaban J connectivity index is 1.56. The number of halogens is 1. The van der Waals surface area contributed by atoms with Gasteiger partial charge in [0.15, 0.2) is 0 Å². The van der Waals surface area contributed by atoms with E-state index in [9.17, 15) is 9.59 Å². The zero-order valence-corrected chi connectivity index (χ0v) is 17.0. The van der Waals surface area contributed by atoms with Crippen LogP contribution in [0.3, 0.4) is 0 Å². The quantitative estimate of drug-likeness (QED) is 0.426. The number of rotatable bonds is 4. The maximum Gasteiger partial charge on any atom is 0.265 e. The highest BCUT2D eigenvalue weighted by atomic mass is 35.5. The number of thiophene rings is 1. The van der Waals surface area contributed by atoms with Crippen LogP contribution >= 0.6 is 34.3 Å². The monoisotopic (exact) mass is 427 g/mol. The summed E-state index contributed by atoms with van der Waals surface area (Å²) in [6.45, 7) is 1.42. The fraction of sp³-hybridized carbons (Fsp3) is 0.0500. The van der Waals surface area contributed by atoms with Crippen molar-refractivity contribution in [3.8, 4) is 9.88 Å². The predicted molar refractivity (Wildman–Crippen MR) is 117 cm³/mol. The lowest BCUT2D eigenvalue weighted by Crippen LogP contribution is -2.11. The SMILES string of the molecule is CC(=O)Nc1ccc(Cl)c(NC(=O)c2ccc(-c3nc4ccccc4s3)s2)c1. The molecular formula is C20H14ClN3O2S2. The second kappa shape index (κ2) is 7.71. The lowest BCUT2D eigenvalue weighted by molar-refractivity contribution is -0.114. The zero-order valence-electron chi connectivity index (χ0n) is 14.7. The number of hydrogen-bond acceptors (Lipinski definition) is 5. The van der Waals surface area contributed by atoms with Crippen molar-refractivity contribution in [3.63, 3.8) is 0 Å². The minimum absolute atomic E-state index is 0.196. The molecular weight excluding hydrogens is 414 g/mol. The van der Waals surface area contributed by atoms with Gasteiger partial charge >= 0.3 is 0 Å².